The Morgan fingerprint density at radius 1 is 0.238 bits per heavy atom. The van der Waals surface area contributed by atoms with Gasteiger partial charge in [0.1, 0.15) is 16.8 Å². The second-order valence-corrected chi connectivity index (χ2v) is 43.5. The number of benzene rings is 23. The topological polar surface area (TPSA) is 77.0 Å². The molecule has 0 aliphatic heterocycles. The molecule has 0 aliphatic carbocycles. The lowest BCUT2D eigenvalue weighted by molar-refractivity contribution is 0.572. The Kier molecular flexibility index (Phi) is 20.8. The molecular formula is C137H99N6O3P. The Labute approximate surface area is 850 Å². The van der Waals surface area contributed by atoms with Crippen LogP contribution in [0.4, 0.5) is 34.1 Å². The highest BCUT2D eigenvalue weighted by Gasteiger charge is 2.33. The van der Waals surface area contributed by atoms with Gasteiger partial charge in [0.05, 0.1) is 61.4 Å². The minimum Gasteiger partial charge on any atom is -0.454 e. The standard InChI is InChI=1S/C60H48N2O2.C41H27N2OP.C36H24N2/c1-59(2,3)47-25-13-21-41-43-23-15-27-51(57(43)63-55(41)47)61(39-17-9-7-10-18-39)49-35-31-37-30-34-46-50(36-32-38-29-33-45(49)53(37)54(38)46)62(40-19-11-8-12-20-40)52-28-16-24-44-42-22-14-26-48(60(4,5)6)56(42)64-58(44)52;44-45(32-11-3-1-4-12-32,33-13-5-2-6-14-33)34-23-21-28-19-20-29(25-31(28)26-34)30-22-24-35-36-15-7-9-17-39(36)43-40-18-10-8-16-38(40)42-41(43)37(35)27-30;1-5-13-33-29(9-1)30-10-2-6-14-34(30)37(33)27-21-17-25(18-22-27)26-19-23-28(24-20-26)38-35-15-7-3-11-31(35)32-12-4-8-16-36(32)38/h7-36H,1-6H3;1-27H;1-24H. The lowest BCUT2D eigenvalue weighted by atomic mass is 9.86. The van der Waals surface area contributed by atoms with Crippen molar-refractivity contribution in [2.45, 2.75) is 52.4 Å². The van der Waals surface area contributed by atoms with Gasteiger partial charge in [0.2, 0.25) is 0 Å². The van der Waals surface area contributed by atoms with Crippen molar-refractivity contribution < 1.29 is 13.4 Å². The van der Waals surface area contributed by atoms with Crippen molar-refractivity contribution >= 4 is 226 Å². The van der Waals surface area contributed by atoms with Gasteiger partial charge < -0.3 is 32.3 Å². The first-order valence-electron chi connectivity index (χ1n) is 50.6. The van der Waals surface area contributed by atoms with Gasteiger partial charge in [-0.25, -0.2) is 4.98 Å². The molecule has 0 bridgehead atoms. The van der Waals surface area contributed by atoms with Crippen LogP contribution in [-0.4, -0.2) is 18.5 Å². The molecule has 0 saturated heterocycles. The van der Waals surface area contributed by atoms with Crippen LogP contribution in [0.25, 0.3) is 203 Å². The van der Waals surface area contributed by atoms with Crippen molar-refractivity contribution in [2.75, 3.05) is 9.80 Å². The maximum atomic E-state index is 15.1. The zero-order chi connectivity index (χ0) is 98.5. The average molecular weight is 1910 g/mol. The highest BCUT2D eigenvalue weighted by molar-refractivity contribution is 7.85. The molecule has 0 atom stereocenters. The third-order valence-electron chi connectivity index (χ3n) is 30.0. The molecule has 0 saturated carbocycles. The Morgan fingerprint density at radius 3 is 1.04 bits per heavy atom. The number of hydrogen-bond donors (Lipinski definition) is 0. The first kappa shape index (κ1) is 87.8. The monoisotopic (exact) mass is 1910 g/mol. The smallest absolute Gasteiger partial charge is 0.171 e. The summed E-state index contributed by atoms with van der Waals surface area (Å²) in [7, 11) is -3.08. The molecule has 9 nitrogen and oxygen atoms in total. The van der Waals surface area contributed by atoms with E-state index >= 15 is 4.57 Å². The molecule has 0 spiro atoms. The van der Waals surface area contributed by atoms with Crippen LogP contribution in [0.15, 0.2) is 500 Å². The Morgan fingerprint density at radius 2 is 0.585 bits per heavy atom. The van der Waals surface area contributed by atoms with E-state index in [0.717, 1.165) is 143 Å². The molecule has 0 N–H and O–H groups in total. The summed E-state index contributed by atoms with van der Waals surface area (Å²) in [5, 5.41) is 25.0. The molecule has 147 heavy (non-hydrogen) atoms. The fourth-order valence-electron chi connectivity index (χ4n) is 23.1. The van der Waals surface area contributed by atoms with E-state index in [0.29, 0.717) is 0 Å². The number of nitrogens with zero attached hydrogens (tertiary/aromatic N) is 6. The van der Waals surface area contributed by atoms with Gasteiger partial charge >= 0.3 is 0 Å². The maximum absolute atomic E-state index is 15.1. The zero-order valence-corrected chi connectivity index (χ0v) is 83.0. The lowest BCUT2D eigenvalue weighted by Gasteiger charge is -2.29. The fourth-order valence-corrected chi connectivity index (χ4v) is 25.8. The van der Waals surface area contributed by atoms with Gasteiger partial charge in [0.15, 0.2) is 18.3 Å². The van der Waals surface area contributed by atoms with Crippen molar-refractivity contribution in [3.05, 3.63) is 503 Å². The molecule has 0 aliphatic rings. The molecule has 29 rings (SSSR count). The van der Waals surface area contributed by atoms with Crippen molar-refractivity contribution in [1.29, 1.82) is 0 Å². The van der Waals surface area contributed by atoms with E-state index in [1.54, 1.807) is 0 Å². The van der Waals surface area contributed by atoms with E-state index in [2.05, 4.69) is 483 Å². The number of hydrogen-bond acceptors (Lipinski definition) is 6. The Balaban J connectivity index is 0.000000113. The van der Waals surface area contributed by atoms with Gasteiger partial charge in [0, 0.05) is 114 Å². The van der Waals surface area contributed by atoms with E-state index in [1.807, 2.05) is 72.8 Å². The van der Waals surface area contributed by atoms with Crippen LogP contribution < -0.4 is 25.7 Å². The van der Waals surface area contributed by atoms with E-state index in [1.165, 1.54) is 120 Å². The minimum atomic E-state index is -3.08. The van der Waals surface area contributed by atoms with Crippen molar-refractivity contribution in [3.63, 3.8) is 0 Å². The van der Waals surface area contributed by atoms with Crippen LogP contribution in [0.2, 0.25) is 0 Å². The zero-order valence-electron chi connectivity index (χ0n) is 82.1. The van der Waals surface area contributed by atoms with E-state index in [-0.39, 0.29) is 10.8 Å². The number of aromatic nitrogens is 4. The molecule has 6 aromatic heterocycles. The van der Waals surface area contributed by atoms with Gasteiger partial charge in [-0.2, -0.15) is 0 Å². The summed E-state index contributed by atoms with van der Waals surface area (Å²) in [6.07, 6.45) is 0. The number of para-hydroxylation sites is 13. The first-order chi connectivity index (χ1) is 72.1. The third-order valence-corrected chi connectivity index (χ3v) is 33.1. The Bertz CT molecular complexity index is 9770. The molecule has 6 heterocycles. The maximum Gasteiger partial charge on any atom is 0.171 e. The Hall–Kier alpha value is -18.1. The van der Waals surface area contributed by atoms with Gasteiger partial charge in [-0.3, -0.25) is 4.40 Å². The summed E-state index contributed by atoms with van der Waals surface area (Å²) < 4.78 is 36.1. The molecule has 10 heteroatoms. The fraction of sp³-hybridized carbons (Fsp3) is 0.0584. The number of rotatable bonds is 13. The highest BCUT2D eigenvalue weighted by atomic mass is 31.2. The summed E-state index contributed by atoms with van der Waals surface area (Å²) in [5.41, 5.74) is 28.3. The molecule has 0 amide bonds. The lowest BCUT2D eigenvalue weighted by Crippen LogP contribution is -2.24. The highest BCUT2D eigenvalue weighted by Crippen LogP contribution is 2.54. The van der Waals surface area contributed by atoms with Gasteiger partial charge in [-0.1, -0.05) is 399 Å². The predicted octanol–water partition coefficient (Wildman–Crippen LogP) is 36.7. The number of fused-ring (bicyclic) bond motifs is 21. The summed E-state index contributed by atoms with van der Waals surface area (Å²) >= 11 is 0. The second kappa shape index (κ2) is 34.9. The van der Waals surface area contributed by atoms with Crippen LogP contribution in [0.3, 0.4) is 0 Å². The number of imidazole rings is 1. The molecule has 23 aromatic carbocycles. The van der Waals surface area contributed by atoms with Gasteiger partial charge in [-0.05, 0) is 204 Å². The van der Waals surface area contributed by atoms with E-state index < -0.39 is 7.14 Å². The quantitative estimate of drug-likeness (QED) is 0.0846. The van der Waals surface area contributed by atoms with E-state index in [9.17, 15) is 0 Å². The SMILES string of the molecule is CC(C)(C)c1cccc2c1oc1c(N(c3ccccc3)c3ccc4ccc5c(N(c6ccccc6)c6cccc7c6oc6c(C(C)(C)C)cccc67)ccc6ccc3c4c65)cccc12.O=P(c1ccccc1)(c1ccccc1)c1ccc2ccc(-c3ccc4c5ccccc5n5c6ccccc6nc5c4c3)cc2c1.c1ccc2c(c1)c1ccccc1n2-c1ccc(-c2ccc(-n3c4ccccc4c4ccccc43)cc2)cc1. The van der Waals surface area contributed by atoms with Crippen molar-refractivity contribution in [2.24, 2.45) is 0 Å². The molecule has 700 valence electrons. The van der Waals surface area contributed by atoms with Crippen molar-refractivity contribution in [3.8, 4) is 33.6 Å². The molecule has 0 radical (unpaired) electrons. The number of pyridine rings is 1. The third kappa shape index (κ3) is 14.6. The minimum absolute atomic E-state index is 0.0813. The van der Waals surface area contributed by atoms with Crippen LogP contribution in [0.1, 0.15) is 52.7 Å². The van der Waals surface area contributed by atoms with Crippen LogP contribution >= 0.6 is 7.14 Å². The summed E-state index contributed by atoms with van der Waals surface area (Å²) in [6, 6.07) is 175. The van der Waals surface area contributed by atoms with Gasteiger partial charge in [-0.15, -0.1) is 0 Å². The summed E-state index contributed by atoms with van der Waals surface area (Å²) in [6.45, 7) is 13.5. The largest absolute Gasteiger partial charge is 0.454 e. The van der Waals surface area contributed by atoms with Crippen molar-refractivity contribution in [1.82, 2.24) is 18.5 Å². The predicted molar refractivity (Wildman–Crippen MR) is 622 cm³/mol. The van der Waals surface area contributed by atoms with E-state index in [4.69, 9.17) is 13.8 Å². The first-order valence-corrected chi connectivity index (χ1v) is 52.3. The molecule has 29 aromatic rings. The van der Waals surface area contributed by atoms with Crippen LogP contribution in [0.5, 0.6) is 0 Å². The van der Waals surface area contributed by atoms with Crippen LogP contribution in [0, 0.1) is 0 Å². The van der Waals surface area contributed by atoms with Crippen LogP contribution in [-0.2, 0) is 15.4 Å². The second-order valence-electron chi connectivity index (χ2n) is 40.7. The normalized spacial score (nSPS) is 12.2. The summed E-state index contributed by atoms with van der Waals surface area (Å²) in [4.78, 5) is 9.88. The number of anilines is 6. The average Bonchev–Trinajstić information content (AvgIpc) is 1.29. The summed E-state index contributed by atoms with van der Waals surface area (Å²) in [5.74, 6) is 0. The molecule has 0 unspecified atom stereocenters. The number of furan rings is 2. The van der Waals surface area contributed by atoms with Gasteiger partial charge in [0.25, 0.3) is 0 Å². The molecule has 0 fully saturated rings. The molecular weight excluding hydrogens is 1810 g/mol.